The van der Waals surface area contributed by atoms with E-state index in [9.17, 15) is 26.4 Å². The fourth-order valence-corrected chi connectivity index (χ4v) is 5.86. The van der Waals surface area contributed by atoms with Gasteiger partial charge in [0.15, 0.2) is 0 Å². The average Bonchev–Trinajstić information content (AvgIpc) is 3.15. The Balaban J connectivity index is 1.40. The lowest BCUT2D eigenvalue weighted by atomic mass is 9.96. The maximum atomic E-state index is 13.0. The maximum absolute atomic E-state index is 13.0. The fraction of sp³-hybridized carbons (Fsp3) is 0.375. The van der Waals surface area contributed by atoms with Crippen molar-refractivity contribution in [2.75, 3.05) is 13.1 Å². The summed E-state index contributed by atoms with van der Waals surface area (Å²) in [4.78, 5) is 12.4. The number of carbonyl (C=O) groups is 1. The quantitative estimate of drug-likeness (QED) is 0.539. The van der Waals surface area contributed by atoms with Crippen LogP contribution in [0.15, 0.2) is 57.8 Å². The molecule has 1 amide bonds. The second-order valence-electron chi connectivity index (χ2n) is 8.52. The number of nitrogens with one attached hydrogen (secondary N) is 1. The number of para-hydroxylation sites is 1. The lowest BCUT2D eigenvalue weighted by molar-refractivity contribution is -0.137. The minimum absolute atomic E-state index is 0.0503. The number of carbonyl (C=O) groups excluding carboxylic acids is 1. The molecule has 182 valence electrons. The first kappa shape index (κ1) is 24.3. The maximum Gasteiger partial charge on any atom is 0.416 e. The summed E-state index contributed by atoms with van der Waals surface area (Å²) < 4.78 is 71.8. The lowest BCUT2D eigenvalue weighted by Gasteiger charge is -2.31. The molecule has 34 heavy (non-hydrogen) atoms. The van der Waals surface area contributed by atoms with Crippen LogP contribution in [0.5, 0.6) is 0 Å². The van der Waals surface area contributed by atoms with Gasteiger partial charge >= 0.3 is 6.18 Å². The first-order chi connectivity index (χ1) is 16.0. The number of halogens is 3. The van der Waals surface area contributed by atoms with Crippen LogP contribution in [-0.2, 0) is 21.0 Å². The second kappa shape index (κ2) is 9.07. The van der Waals surface area contributed by atoms with Gasteiger partial charge in [0.25, 0.3) is 0 Å². The highest BCUT2D eigenvalue weighted by Gasteiger charge is 2.35. The van der Waals surface area contributed by atoms with E-state index in [4.69, 9.17) is 4.42 Å². The Kier molecular flexibility index (Phi) is 6.48. The Morgan fingerprint density at radius 3 is 2.44 bits per heavy atom. The molecule has 0 aliphatic carbocycles. The van der Waals surface area contributed by atoms with Crippen LogP contribution in [-0.4, -0.2) is 31.7 Å². The molecule has 0 bridgehead atoms. The van der Waals surface area contributed by atoms with Crippen LogP contribution in [0.1, 0.15) is 42.7 Å². The van der Waals surface area contributed by atoms with Crippen molar-refractivity contribution in [1.29, 1.82) is 0 Å². The molecule has 1 fully saturated rings. The Morgan fingerprint density at radius 1 is 1.12 bits per heavy atom. The molecular formula is C24H25F3N2O4S. The zero-order valence-electron chi connectivity index (χ0n) is 18.7. The summed E-state index contributed by atoms with van der Waals surface area (Å²) in [5, 5.41) is 3.93. The van der Waals surface area contributed by atoms with Gasteiger partial charge in [0.05, 0.1) is 16.5 Å². The number of alkyl halides is 3. The standard InChI is InChI=1S/C24H25F3N2O4S/c1-15-20-8-3-4-9-21(20)33-22(15)16(2)28-23(30)17-10-12-29(13-11-17)34(31,32)19-7-5-6-18(14-19)24(25,26)27/h3-9,14,16-17H,10-13H2,1-2H3,(H,28,30). The van der Waals surface area contributed by atoms with E-state index in [0.29, 0.717) is 11.8 Å². The number of nitrogens with zero attached hydrogens (tertiary/aromatic N) is 1. The predicted octanol–water partition coefficient (Wildman–Crippen LogP) is 5.04. The minimum Gasteiger partial charge on any atom is -0.459 e. The van der Waals surface area contributed by atoms with Crippen molar-refractivity contribution in [3.8, 4) is 0 Å². The summed E-state index contributed by atoms with van der Waals surface area (Å²) in [6, 6.07) is 10.9. The van der Waals surface area contributed by atoms with Crippen molar-refractivity contribution < 1.29 is 30.8 Å². The molecule has 10 heteroatoms. The van der Waals surface area contributed by atoms with Crippen LogP contribution in [0.2, 0.25) is 0 Å². The topological polar surface area (TPSA) is 79.6 Å². The number of piperidine rings is 1. The SMILES string of the molecule is Cc1c(C(C)NC(=O)C2CCN(S(=O)(=O)c3cccc(C(F)(F)F)c3)CC2)oc2ccccc12. The molecule has 1 saturated heterocycles. The Hall–Kier alpha value is -2.85. The highest BCUT2D eigenvalue weighted by atomic mass is 32.2. The molecule has 1 aliphatic rings. The third kappa shape index (κ3) is 4.69. The van der Waals surface area contributed by atoms with Crippen LogP contribution in [0.4, 0.5) is 13.2 Å². The summed E-state index contributed by atoms with van der Waals surface area (Å²) in [7, 11) is -4.09. The molecule has 1 aromatic heterocycles. The lowest BCUT2D eigenvalue weighted by Crippen LogP contribution is -2.43. The van der Waals surface area contributed by atoms with Crippen LogP contribution >= 0.6 is 0 Å². The molecule has 1 aliphatic heterocycles. The Bertz CT molecular complexity index is 1310. The van der Waals surface area contributed by atoms with E-state index in [1.807, 2.05) is 38.1 Å². The Labute approximate surface area is 195 Å². The number of hydrogen-bond acceptors (Lipinski definition) is 4. The van der Waals surface area contributed by atoms with Crippen molar-refractivity contribution in [1.82, 2.24) is 9.62 Å². The van der Waals surface area contributed by atoms with Crippen molar-refractivity contribution in [2.45, 2.75) is 43.8 Å². The normalized spacial score (nSPS) is 17.1. The van der Waals surface area contributed by atoms with Gasteiger partial charge in [-0.25, -0.2) is 8.42 Å². The third-order valence-corrected chi connectivity index (χ3v) is 8.15. The van der Waals surface area contributed by atoms with Gasteiger partial charge in [-0.05, 0) is 51.0 Å². The molecule has 1 N–H and O–H groups in total. The number of hydrogen-bond donors (Lipinski definition) is 1. The van der Waals surface area contributed by atoms with Crippen molar-refractivity contribution >= 4 is 26.9 Å². The summed E-state index contributed by atoms with van der Waals surface area (Å²) in [6.45, 7) is 3.86. The summed E-state index contributed by atoms with van der Waals surface area (Å²) in [5.74, 6) is 0.0580. The first-order valence-electron chi connectivity index (χ1n) is 10.9. The first-order valence-corrected chi connectivity index (χ1v) is 12.4. The van der Waals surface area contributed by atoms with Crippen LogP contribution < -0.4 is 5.32 Å². The number of furan rings is 1. The molecular weight excluding hydrogens is 469 g/mol. The molecule has 0 spiro atoms. The van der Waals surface area contributed by atoms with E-state index in [1.165, 1.54) is 0 Å². The largest absolute Gasteiger partial charge is 0.459 e. The number of sulfonamides is 1. The summed E-state index contributed by atoms with van der Waals surface area (Å²) in [6.07, 6.45) is -4.09. The van der Waals surface area contributed by atoms with Crippen LogP contribution in [0.25, 0.3) is 11.0 Å². The number of fused-ring (bicyclic) bond motifs is 1. The molecule has 1 unspecified atom stereocenters. The molecule has 0 saturated carbocycles. The van der Waals surface area contributed by atoms with E-state index >= 15 is 0 Å². The summed E-state index contributed by atoms with van der Waals surface area (Å²) in [5.41, 5.74) is 0.673. The number of benzene rings is 2. The molecule has 0 radical (unpaired) electrons. The predicted molar refractivity (Wildman–Crippen MR) is 120 cm³/mol. The second-order valence-corrected chi connectivity index (χ2v) is 10.5. The van der Waals surface area contributed by atoms with Gasteiger partial charge in [-0.2, -0.15) is 17.5 Å². The molecule has 2 aromatic carbocycles. The van der Waals surface area contributed by atoms with Gasteiger partial charge in [0.2, 0.25) is 15.9 Å². The number of amides is 1. The number of aryl methyl sites for hydroxylation is 1. The van der Waals surface area contributed by atoms with Crippen LogP contribution in [0, 0.1) is 12.8 Å². The smallest absolute Gasteiger partial charge is 0.416 e. The highest BCUT2D eigenvalue weighted by molar-refractivity contribution is 7.89. The van der Waals surface area contributed by atoms with E-state index < -0.39 is 32.6 Å². The van der Waals surface area contributed by atoms with E-state index in [1.54, 1.807) is 0 Å². The van der Waals surface area contributed by atoms with Gasteiger partial charge in [0.1, 0.15) is 11.3 Å². The van der Waals surface area contributed by atoms with Crippen molar-refractivity contribution in [2.24, 2.45) is 5.92 Å². The monoisotopic (exact) mass is 494 g/mol. The molecule has 2 heterocycles. The molecule has 4 rings (SSSR count). The van der Waals surface area contributed by atoms with E-state index in [2.05, 4.69) is 5.32 Å². The van der Waals surface area contributed by atoms with Gasteiger partial charge in [-0.1, -0.05) is 24.3 Å². The van der Waals surface area contributed by atoms with Crippen LogP contribution in [0.3, 0.4) is 0 Å². The zero-order valence-corrected chi connectivity index (χ0v) is 19.5. The minimum atomic E-state index is -4.63. The van der Waals surface area contributed by atoms with Gasteiger partial charge < -0.3 is 9.73 Å². The van der Waals surface area contributed by atoms with E-state index in [0.717, 1.165) is 39.0 Å². The molecule has 1 atom stereocenters. The highest BCUT2D eigenvalue weighted by Crippen LogP contribution is 2.33. The molecule has 6 nitrogen and oxygen atoms in total. The fourth-order valence-electron chi connectivity index (χ4n) is 4.34. The van der Waals surface area contributed by atoms with Crippen molar-refractivity contribution in [3.63, 3.8) is 0 Å². The van der Waals surface area contributed by atoms with Crippen molar-refractivity contribution in [3.05, 3.63) is 65.4 Å². The van der Waals surface area contributed by atoms with Gasteiger partial charge in [0, 0.05) is 30.0 Å². The van der Waals surface area contributed by atoms with Gasteiger partial charge in [-0.3, -0.25) is 4.79 Å². The van der Waals surface area contributed by atoms with E-state index in [-0.39, 0.29) is 37.9 Å². The third-order valence-electron chi connectivity index (χ3n) is 6.26. The summed E-state index contributed by atoms with van der Waals surface area (Å²) >= 11 is 0. The average molecular weight is 495 g/mol. The van der Waals surface area contributed by atoms with Gasteiger partial charge in [-0.15, -0.1) is 0 Å². The molecule has 3 aromatic rings. The Morgan fingerprint density at radius 2 is 1.79 bits per heavy atom. The number of rotatable bonds is 5. The zero-order chi connectivity index (χ0) is 24.7.